The fourth-order valence-electron chi connectivity index (χ4n) is 4.04. The number of rotatable bonds is 3. The normalized spacial score (nSPS) is 14.7. The molecule has 0 spiro atoms. The summed E-state index contributed by atoms with van der Waals surface area (Å²) in [6.45, 7) is 5.70. The van der Waals surface area contributed by atoms with Crippen LogP contribution in [-0.4, -0.2) is 46.8 Å². The number of aryl methyl sites for hydroxylation is 1. The summed E-state index contributed by atoms with van der Waals surface area (Å²) in [6.07, 6.45) is 1.93. The van der Waals surface area contributed by atoms with Gasteiger partial charge < -0.3 is 9.80 Å². The lowest BCUT2D eigenvalue weighted by atomic mass is 10.1. The predicted molar refractivity (Wildman–Crippen MR) is 121 cm³/mol. The third-order valence-electron chi connectivity index (χ3n) is 5.65. The molecule has 5 rings (SSSR count). The van der Waals surface area contributed by atoms with E-state index in [9.17, 15) is 5.26 Å². The Morgan fingerprint density at radius 1 is 1.00 bits per heavy atom. The first kappa shape index (κ1) is 18.2. The third-order valence-corrected chi connectivity index (χ3v) is 5.65. The molecule has 1 saturated heterocycles. The largest absolute Gasteiger partial charge is 0.368 e. The predicted octanol–water partition coefficient (Wildman–Crippen LogP) is 4.15. The Bertz CT molecular complexity index is 1270. The van der Waals surface area contributed by atoms with E-state index in [4.69, 9.17) is 9.98 Å². The average molecular weight is 394 g/mol. The van der Waals surface area contributed by atoms with Crippen molar-refractivity contribution >= 4 is 34.5 Å². The first-order chi connectivity index (χ1) is 14.7. The van der Waals surface area contributed by atoms with E-state index in [0.717, 1.165) is 48.6 Å². The van der Waals surface area contributed by atoms with Gasteiger partial charge in [-0.2, -0.15) is 5.26 Å². The molecule has 1 fully saturated rings. The minimum absolute atomic E-state index is 0.599. The number of nitriles is 1. The van der Waals surface area contributed by atoms with E-state index >= 15 is 0 Å². The molecule has 0 N–H and O–H groups in total. The van der Waals surface area contributed by atoms with Gasteiger partial charge in [0.15, 0.2) is 5.65 Å². The molecule has 0 unspecified atom stereocenters. The number of nitrogens with zero attached hydrogens (tertiary/aromatic N) is 6. The van der Waals surface area contributed by atoms with E-state index in [0.29, 0.717) is 11.2 Å². The monoisotopic (exact) mass is 394 g/mol. The van der Waals surface area contributed by atoms with Crippen molar-refractivity contribution in [3.8, 4) is 6.07 Å². The van der Waals surface area contributed by atoms with Crippen LogP contribution in [0, 0.1) is 18.3 Å². The van der Waals surface area contributed by atoms with Crippen molar-refractivity contribution in [3.63, 3.8) is 0 Å². The van der Waals surface area contributed by atoms with Crippen molar-refractivity contribution in [2.45, 2.75) is 6.92 Å². The summed E-state index contributed by atoms with van der Waals surface area (Å²) in [5.74, 6) is 0.792. The number of imidazole rings is 1. The number of pyridine rings is 1. The number of aromatic nitrogens is 2. The molecule has 6 nitrogen and oxygen atoms in total. The maximum Gasteiger partial charge on any atom is 0.157 e. The van der Waals surface area contributed by atoms with Gasteiger partial charge >= 0.3 is 0 Å². The van der Waals surface area contributed by atoms with E-state index in [1.54, 1.807) is 0 Å². The minimum atomic E-state index is 0.599. The quantitative estimate of drug-likeness (QED) is 0.387. The number of anilines is 1. The molecular weight excluding hydrogens is 372 g/mol. The zero-order valence-corrected chi connectivity index (χ0v) is 16.9. The minimum Gasteiger partial charge on any atom is -0.368 e. The molecule has 148 valence electrons. The first-order valence-corrected chi connectivity index (χ1v) is 10.1. The van der Waals surface area contributed by atoms with Crippen LogP contribution < -0.4 is 4.90 Å². The van der Waals surface area contributed by atoms with E-state index in [2.05, 4.69) is 40.1 Å². The van der Waals surface area contributed by atoms with Crippen molar-refractivity contribution in [2.75, 3.05) is 31.1 Å². The molecule has 30 heavy (non-hydrogen) atoms. The van der Waals surface area contributed by atoms with Crippen LogP contribution in [0.4, 0.5) is 11.5 Å². The van der Waals surface area contributed by atoms with Crippen molar-refractivity contribution in [3.05, 3.63) is 71.8 Å². The molecule has 6 heteroatoms. The van der Waals surface area contributed by atoms with Gasteiger partial charge in [0.25, 0.3) is 0 Å². The molecule has 0 aliphatic carbocycles. The van der Waals surface area contributed by atoms with Gasteiger partial charge in [-0.1, -0.05) is 30.3 Å². The lowest BCUT2D eigenvalue weighted by molar-refractivity contribution is 0.396. The average Bonchev–Trinajstić information content (AvgIpc) is 3.18. The highest BCUT2D eigenvalue weighted by Gasteiger charge is 2.17. The first-order valence-electron chi connectivity index (χ1n) is 10.1. The Kier molecular flexibility index (Phi) is 4.56. The number of hydrogen-bond acceptors (Lipinski definition) is 4. The second kappa shape index (κ2) is 7.53. The van der Waals surface area contributed by atoms with Crippen LogP contribution in [0.1, 0.15) is 11.1 Å². The molecule has 0 radical (unpaired) electrons. The second-order valence-corrected chi connectivity index (χ2v) is 7.54. The maximum absolute atomic E-state index is 9.63. The summed E-state index contributed by atoms with van der Waals surface area (Å²) < 4.78 is 1.98. The van der Waals surface area contributed by atoms with E-state index in [1.807, 2.05) is 54.1 Å². The van der Waals surface area contributed by atoms with Crippen LogP contribution in [0.25, 0.3) is 16.7 Å². The Balaban J connectivity index is 1.45. The van der Waals surface area contributed by atoms with Gasteiger partial charge in [-0.3, -0.25) is 4.40 Å². The smallest absolute Gasteiger partial charge is 0.157 e. The van der Waals surface area contributed by atoms with Gasteiger partial charge in [-0.15, -0.1) is 0 Å². The number of piperazine rings is 1. The molecule has 3 heterocycles. The Labute approximate surface area is 175 Å². The molecule has 2 aromatic heterocycles. The highest BCUT2D eigenvalue weighted by molar-refractivity contribution is 5.85. The van der Waals surface area contributed by atoms with Crippen molar-refractivity contribution in [2.24, 2.45) is 4.99 Å². The molecule has 0 bridgehead atoms. The van der Waals surface area contributed by atoms with Gasteiger partial charge in [0, 0.05) is 31.9 Å². The highest BCUT2D eigenvalue weighted by atomic mass is 15.3. The SMILES string of the molecule is Cc1cc(/N=C/N2CCN(c3ccccc3)CC2)n2c(nc3ccccc32)c1C#N. The molecule has 0 amide bonds. The molecular formula is C24H22N6. The summed E-state index contributed by atoms with van der Waals surface area (Å²) in [5.41, 5.74) is 5.25. The van der Waals surface area contributed by atoms with Crippen LogP contribution in [0.15, 0.2) is 65.7 Å². The van der Waals surface area contributed by atoms with Crippen LogP contribution in [-0.2, 0) is 0 Å². The maximum atomic E-state index is 9.63. The fourth-order valence-corrected chi connectivity index (χ4v) is 4.04. The molecule has 4 aromatic rings. The molecule has 1 aliphatic heterocycles. The van der Waals surface area contributed by atoms with E-state index in [1.165, 1.54) is 5.69 Å². The topological polar surface area (TPSA) is 59.9 Å². The number of para-hydroxylation sites is 3. The zero-order valence-electron chi connectivity index (χ0n) is 16.9. The molecule has 1 aliphatic rings. The summed E-state index contributed by atoms with van der Waals surface area (Å²) in [7, 11) is 0. The number of aliphatic imine (C=N–C) groups is 1. The molecule has 2 aromatic carbocycles. The summed E-state index contributed by atoms with van der Waals surface area (Å²) in [4.78, 5) is 14.2. The van der Waals surface area contributed by atoms with E-state index in [-0.39, 0.29) is 0 Å². The zero-order chi connectivity index (χ0) is 20.5. The molecule has 0 atom stereocenters. The summed E-state index contributed by atoms with van der Waals surface area (Å²) in [6, 6.07) is 22.7. The van der Waals surface area contributed by atoms with Crippen molar-refractivity contribution < 1.29 is 0 Å². The second-order valence-electron chi connectivity index (χ2n) is 7.54. The lowest BCUT2D eigenvalue weighted by Gasteiger charge is -2.35. The Morgan fingerprint density at radius 3 is 2.50 bits per heavy atom. The number of fused-ring (bicyclic) bond motifs is 3. The van der Waals surface area contributed by atoms with Crippen LogP contribution in [0.2, 0.25) is 0 Å². The van der Waals surface area contributed by atoms with Gasteiger partial charge in [0.05, 0.1) is 22.9 Å². The van der Waals surface area contributed by atoms with Gasteiger partial charge in [0.2, 0.25) is 0 Å². The molecule has 0 saturated carbocycles. The van der Waals surface area contributed by atoms with Crippen molar-refractivity contribution in [1.29, 1.82) is 5.26 Å². The fraction of sp³-hybridized carbons (Fsp3) is 0.208. The van der Waals surface area contributed by atoms with Crippen LogP contribution in [0.5, 0.6) is 0 Å². The van der Waals surface area contributed by atoms with Gasteiger partial charge in [-0.05, 0) is 42.8 Å². The van der Waals surface area contributed by atoms with E-state index < -0.39 is 0 Å². The summed E-state index contributed by atoms with van der Waals surface area (Å²) >= 11 is 0. The van der Waals surface area contributed by atoms with Crippen LogP contribution in [0.3, 0.4) is 0 Å². The van der Waals surface area contributed by atoms with Crippen LogP contribution >= 0.6 is 0 Å². The standard InChI is InChI=1S/C24H22N6/c1-18-15-23(30-22-10-6-5-9-21(22)27-24(30)20(18)16-25)26-17-28-11-13-29(14-12-28)19-7-3-2-4-8-19/h2-10,15,17H,11-14H2,1H3/b26-17+. The highest BCUT2D eigenvalue weighted by Crippen LogP contribution is 2.28. The number of hydrogen-bond donors (Lipinski definition) is 0. The Hall–Kier alpha value is -3.85. The third kappa shape index (κ3) is 3.15. The number of benzene rings is 2. The lowest BCUT2D eigenvalue weighted by Crippen LogP contribution is -2.45. The van der Waals surface area contributed by atoms with Gasteiger partial charge in [0.1, 0.15) is 11.9 Å². The van der Waals surface area contributed by atoms with Crippen molar-refractivity contribution in [1.82, 2.24) is 14.3 Å². The van der Waals surface area contributed by atoms with Gasteiger partial charge in [-0.25, -0.2) is 9.98 Å². The summed E-state index contributed by atoms with van der Waals surface area (Å²) in [5, 5.41) is 9.63. The Morgan fingerprint density at radius 2 is 1.73 bits per heavy atom.